The first-order chi connectivity index (χ1) is 9.83. The predicted octanol–water partition coefficient (Wildman–Crippen LogP) is 1.44. The zero-order valence-corrected chi connectivity index (χ0v) is 12.3. The number of rotatable bonds is 6. The molecule has 1 atom stereocenters. The molecule has 6 heteroatoms. The maximum Gasteiger partial charge on any atom is 0.326 e. The van der Waals surface area contributed by atoms with Crippen LogP contribution in [0.15, 0.2) is 18.2 Å². The average Bonchev–Trinajstić information content (AvgIpc) is 2.36. The average molecular weight is 293 g/mol. The lowest BCUT2D eigenvalue weighted by molar-refractivity contribution is -0.149. The molecule has 0 aromatic heterocycles. The van der Waals surface area contributed by atoms with Gasteiger partial charge in [-0.25, -0.2) is 4.79 Å². The van der Waals surface area contributed by atoms with Crippen molar-refractivity contribution in [3.05, 3.63) is 34.9 Å². The number of esters is 1. The Bertz CT molecular complexity index is 533. The molecule has 0 radical (unpaired) electrons. The topological polar surface area (TPSA) is 92.7 Å². The van der Waals surface area contributed by atoms with E-state index in [0.29, 0.717) is 5.56 Å². The van der Waals surface area contributed by atoms with Gasteiger partial charge in [-0.05, 0) is 32.9 Å². The third kappa shape index (κ3) is 5.25. The smallest absolute Gasteiger partial charge is 0.326 e. The van der Waals surface area contributed by atoms with Crippen molar-refractivity contribution in [1.82, 2.24) is 5.32 Å². The van der Waals surface area contributed by atoms with Crippen molar-refractivity contribution in [3.63, 3.8) is 0 Å². The second kappa shape index (κ2) is 7.42. The Balaban J connectivity index is 2.81. The molecule has 114 valence electrons. The summed E-state index contributed by atoms with van der Waals surface area (Å²) in [5.41, 5.74) is 2.16. The Morgan fingerprint density at radius 2 is 1.76 bits per heavy atom. The minimum atomic E-state index is -1.31. The van der Waals surface area contributed by atoms with Crippen LogP contribution < -0.4 is 5.32 Å². The Labute approximate surface area is 123 Å². The predicted molar refractivity (Wildman–Crippen MR) is 76.1 cm³/mol. The van der Waals surface area contributed by atoms with Crippen LogP contribution in [0, 0.1) is 13.8 Å². The SMILES string of the molecule is CCOC(=O)C[C@@H](NC(=O)c1cc(C)cc(C)c1)C(=O)O. The third-order valence-corrected chi connectivity index (χ3v) is 2.76. The second-order valence-corrected chi connectivity index (χ2v) is 4.75. The molecular weight excluding hydrogens is 274 g/mol. The summed E-state index contributed by atoms with van der Waals surface area (Å²) in [6.45, 7) is 5.48. The summed E-state index contributed by atoms with van der Waals surface area (Å²) in [6.07, 6.45) is -0.403. The second-order valence-electron chi connectivity index (χ2n) is 4.75. The summed E-state index contributed by atoms with van der Waals surface area (Å²) in [4.78, 5) is 34.5. The fraction of sp³-hybridized carbons (Fsp3) is 0.400. The van der Waals surface area contributed by atoms with Gasteiger partial charge in [-0.15, -0.1) is 0 Å². The van der Waals surface area contributed by atoms with E-state index in [-0.39, 0.29) is 6.61 Å². The Morgan fingerprint density at radius 3 is 2.24 bits per heavy atom. The molecule has 0 unspecified atom stereocenters. The molecule has 6 nitrogen and oxygen atoms in total. The third-order valence-electron chi connectivity index (χ3n) is 2.76. The summed E-state index contributed by atoms with van der Waals surface area (Å²) in [7, 11) is 0. The van der Waals surface area contributed by atoms with Crippen LogP contribution in [-0.2, 0) is 14.3 Å². The molecule has 2 N–H and O–H groups in total. The summed E-state index contributed by atoms with van der Waals surface area (Å²) in [5, 5.41) is 11.4. The highest BCUT2D eigenvalue weighted by Crippen LogP contribution is 2.09. The fourth-order valence-electron chi connectivity index (χ4n) is 1.93. The summed E-state index contributed by atoms with van der Waals surface area (Å²) in [6, 6.07) is 3.92. The lowest BCUT2D eigenvalue weighted by Gasteiger charge is -2.14. The normalized spacial score (nSPS) is 11.6. The quantitative estimate of drug-likeness (QED) is 0.774. The van der Waals surface area contributed by atoms with Crippen LogP contribution in [0.4, 0.5) is 0 Å². The van der Waals surface area contributed by atoms with Gasteiger partial charge in [0.25, 0.3) is 5.91 Å². The molecule has 0 aliphatic heterocycles. The molecule has 1 rings (SSSR count). The van der Waals surface area contributed by atoms with Crippen molar-refractivity contribution in [2.24, 2.45) is 0 Å². The van der Waals surface area contributed by atoms with Gasteiger partial charge in [0.1, 0.15) is 6.04 Å². The minimum absolute atomic E-state index is 0.163. The molecule has 0 saturated heterocycles. The molecule has 1 aromatic carbocycles. The van der Waals surface area contributed by atoms with Crippen LogP contribution >= 0.6 is 0 Å². The van der Waals surface area contributed by atoms with E-state index >= 15 is 0 Å². The van der Waals surface area contributed by atoms with Gasteiger partial charge in [-0.3, -0.25) is 9.59 Å². The first-order valence-corrected chi connectivity index (χ1v) is 6.61. The molecule has 0 aliphatic rings. The summed E-state index contributed by atoms with van der Waals surface area (Å²) < 4.78 is 4.69. The van der Waals surface area contributed by atoms with E-state index in [9.17, 15) is 14.4 Å². The standard InChI is InChI=1S/C15H19NO5/c1-4-21-13(17)8-12(15(19)20)16-14(18)11-6-9(2)5-10(3)7-11/h5-7,12H,4,8H2,1-3H3,(H,16,18)(H,19,20)/t12-/m1/s1. The number of nitrogens with one attached hydrogen (secondary N) is 1. The van der Waals surface area contributed by atoms with E-state index in [1.165, 1.54) is 0 Å². The maximum atomic E-state index is 12.1. The van der Waals surface area contributed by atoms with Crippen LogP contribution in [-0.4, -0.2) is 35.6 Å². The number of carboxylic acids is 1. The van der Waals surface area contributed by atoms with Gasteiger partial charge in [0, 0.05) is 5.56 Å². The number of hydrogen-bond acceptors (Lipinski definition) is 4. The van der Waals surface area contributed by atoms with Gasteiger partial charge in [0.15, 0.2) is 0 Å². The number of hydrogen-bond donors (Lipinski definition) is 2. The largest absolute Gasteiger partial charge is 0.480 e. The van der Waals surface area contributed by atoms with Gasteiger partial charge in [0.2, 0.25) is 0 Å². The van der Waals surface area contributed by atoms with Crippen molar-refractivity contribution in [1.29, 1.82) is 0 Å². The number of ether oxygens (including phenoxy) is 1. The number of aryl methyl sites for hydroxylation is 2. The molecule has 0 spiro atoms. The van der Waals surface area contributed by atoms with E-state index in [0.717, 1.165) is 11.1 Å². The maximum absolute atomic E-state index is 12.1. The number of amides is 1. The van der Waals surface area contributed by atoms with E-state index in [1.54, 1.807) is 19.1 Å². The first-order valence-electron chi connectivity index (χ1n) is 6.61. The van der Waals surface area contributed by atoms with Crippen LogP contribution in [0.1, 0.15) is 34.8 Å². The monoisotopic (exact) mass is 293 g/mol. The van der Waals surface area contributed by atoms with Gasteiger partial charge < -0.3 is 15.2 Å². The fourth-order valence-corrected chi connectivity index (χ4v) is 1.93. The molecule has 21 heavy (non-hydrogen) atoms. The van der Waals surface area contributed by atoms with Crippen LogP contribution in [0.3, 0.4) is 0 Å². The van der Waals surface area contributed by atoms with Crippen LogP contribution in [0.25, 0.3) is 0 Å². The number of aliphatic carboxylic acids is 1. The molecule has 0 heterocycles. The lowest BCUT2D eigenvalue weighted by atomic mass is 10.1. The number of benzene rings is 1. The van der Waals surface area contributed by atoms with Crippen molar-refractivity contribution < 1.29 is 24.2 Å². The van der Waals surface area contributed by atoms with Crippen molar-refractivity contribution >= 4 is 17.8 Å². The van der Waals surface area contributed by atoms with Gasteiger partial charge in [-0.1, -0.05) is 17.2 Å². The van der Waals surface area contributed by atoms with Crippen LogP contribution in [0.5, 0.6) is 0 Å². The van der Waals surface area contributed by atoms with E-state index in [2.05, 4.69) is 5.32 Å². The van der Waals surface area contributed by atoms with Crippen molar-refractivity contribution in [2.75, 3.05) is 6.61 Å². The molecule has 1 aromatic rings. The zero-order valence-electron chi connectivity index (χ0n) is 12.3. The highest BCUT2D eigenvalue weighted by Gasteiger charge is 2.24. The molecule has 0 saturated carbocycles. The molecular formula is C15H19NO5. The van der Waals surface area contributed by atoms with E-state index < -0.39 is 30.3 Å². The van der Waals surface area contributed by atoms with Crippen LogP contribution in [0.2, 0.25) is 0 Å². The van der Waals surface area contributed by atoms with Gasteiger partial charge in [0.05, 0.1) is 13.0 Å². The molecule has 0 aliphatic carbocycles. The van der Waals surface area contributed by atoms with Crippen molar-refractivity contribution in [3.8, 4) is 0 Å². The van der Waals surface area contributed by atoms with E-state index in [1.807, 2.05) is 19.9 Å². The Kier molecular flexibility index (Phi) is 5.90. The first kappa shape index (κ1) is 16.7. The summed E-state index contributed by atoms with van der Waals surface area (Å²) >= 11 is 0. The zero-order chi connectivity index (χ0) is 16.0. The number of carbonyl (C=O) groups is 3. The van der Waals surface area contributed by atoms with Gasteiger partial charge >= 0.3 is 11.9 Å². The number of carbonyl (C=O) groups excluding carboxylic acids is 2. The number of carboxylic acid groups (broad SMARTS) is 1. The molecule has 0 bridgehead atoms. The van der Waals surface area contributed by atoms with Crippen molar-refractivity contribution in [2.45, 2.75) is 33.2 Å². The highest BCUT2D eigenvalue weighted by molar-refractivity contribution is 5.97. The minimum Gasteiger partial charge on any atom is -0.480 e. The summed E-state index contributed by atoms with van der Waals surface area (Å²) in [5.74, 6) is -2.47. The highest BCUT2D eigenvalue weighted by atomic mass is 16.5. The molecule has 0 fully saturated rings. The Morgan fingerprint density at radius 1 is 1.19 bits per heavy atom. The molecule has 1 amide bonds. The van der Waals surface area contributed by atoms with E-state index in [4.69, 9.17) is 9.84 Å². The Hall–Kier alpha value is -2.37. The van der Waals surface area contributed by atoms with Gasteiger partial charge in [-0.2, -0.15) is 0 Å². The lowest BCUT2D eigenvalue weighted by Crippen LogP contribution is -2.42.